The molecule has 0 radical (unpaired) electrons. The molecule has 1 atom stereocenters. The predicted molar refractivity (Wildman–Crippen MR) is 124 cm³/mol. The highest BCUT2D eigenvalue weighted by molar-refractivity contribution is 9.10. The van der Waals surface area contributed by atoms with Crippen LogP contribution >= 0.6 is 15.9 Å². The van der Waals surface area contributed by atoms with Crippen molar-refractivity contribution >= 4 is 21.6 Å². The highest BCUT2D eigenvalue weighted by Gasteiger charge is 2.28. The highest BCUT2D eigenvalue weighted by Crippen LogP contribution is 2.41. The third kappa shape index (κ3) is 3.50. The number of ether oxygens (including phenoxy) is 1. The molecule has 0 spiro atoms. The summed E-state index contributed by atoms with van der Waals surface area (Å²) in [5.41, 5.74) is 7.83. The van der Waals surface area contributed by atoms with Gasteiger partial charge in [-0.05, 0) is 55.8 Å². The topological polar surface area (TPSA) is 39.1 Å². The number of nitrogens with zero attached hydrogens (tertiary/aromatic N) is 2. The number of hydrogen-bond acceptors (Lipinski definition) is 3. The molecule has 0 aliphatic carbocycles. The van der Waals surface area contributed by atoms with Gasteiger partial charge in [-0.2, -0.15) is 5.10 Å². The zero-order valence-corrected chi connectivity index (χ0v) is 18.5. The number of aromatic nitrogens is 2. The first-order valence-electron chi connectivity index (χ1n) is 9.98. The number of hydrogen-bond donors (Lipinski definition) is 1. The zero-order valence-electron chi connectivity index (χ0n) is 16.9. The molecule has 150 valence electrons. The van der Waals surface area contributed by atoms with Gasteiger partial charge in [0, 0.05) is 21.3 Å². The van der Waals surface area contributed by atoms with Crippen LogP contribution in [0.4, 0.5) is 5.69 Å². The first-order chi connectivity index (χ1) is 14.6. The van der Waals surface area contributed by atoms with E-state index in [1.165, 1.54) is 11.1 Å². The third-order valence-electron chi connectivity index (χ3n) is 5.37. The Morgan fingerprint density at radius 2 is 1.80 bits per heavy atom. The van der Waals surface area contributed by atoms with Gasteiger partial charge in [-0.25, -0.2) is 4.68 Å². The average Bonchev–Trinajstić information content (AvgIpc) is 3.15. The van der Waals surface area contributed by atoms with Gasteiger partial charge in [-0.3, -0.25) is 0 Å². The summed E-state index contributed by atoms with van der Waals surface area (Å²) in [6, 6.07) is 25.0. The Kier molecular flexibility index (Phi) is 4.83. The number of rotatable bonds is 4. The maximum absolute atomic E-state index is 6.25. The van der Waals surface area contributed by atoms with Crippen LogP contribution < -0.4 is 10.1 Å². The maximum atomic E-state index is 6.25. The molecule has 3 aromatic carbocycles. The second kappa shape index (κ2) is 7.65. The quantitative estimate of drug-likeness (QED) is 0.379. The van der Waals surface area contributed by atoms with Crippen molar-refractivity contribution in [3.05, 3.63) is 99.7 Å². The number of nitrogens with one attached hydrogen (secondary N) is 1. The molecular weight excluding hydrogens is 438 g/mol. The van der Waals surface area contributed by atoms with Crippen molar-refractivity contribution < 1.29 is 4.74 Å². The largest absolute Gasteiger partial charge is 0.488 e. The summed E-state index contributed by atoms with van der Waals surface area (Å²) in [6.07, 6.45) is -0.134. The van der Waals surface area contributed by atoms with Crippen LogP contribution in [0.1, 0.15) is 28.6 Å². The summed E-state index contributed by atoms with van der Waals surface area (Å²) >= 11 is 3.48. The Morgan fingerprint density at radius 3 is 2.63 bits per heavy atom. The molecule has 2 heterocycles. The lowest BCUT2D eigenvalue weighted by Gasteiger charge is -2.30. The van der Waals surface area contributed by atoms with Crippen LogP contribution in [-0.2, 0) is 6.61 Å². The second-order valence-corrected chi connectivity index (χ2v) is 8.58. The monoisotopic (exact) mass is 459 g/mol. The molecule has 1 aromatic heterocycles. The predicted octanol–water partition coefficient (Wildman–Crippen LogP) is 6.48. The molecule has 0 saturated heterocycles. The van der Waals surface area contributed by atoms with Gasteiger partial charge in [-0.1, -0.05) is 57.9 Å². The molecule has 0 bridgehead atoms. The van der Waals surface area contributed by atoms with Crippen LogP contribution in [0.15, 0.2) is 77.3 Å². The minimum Gasteiger partial charge on any atom is -0.488 e. The van der Waals surface area contributed by atoms with E-state index in [0.717, 1.165) is 38.4 Å². The molecule has 0 amide bonds. The molecule has 0 unspecified atom stereocenters. The first kappa shape index (κ1) is 18.9. The zero-order chi connectivity index (χ0) is 20.7. The molecule has 4 aromatic rings. The Labute approximate surface area is 184 Å². The standard InChI is InChI=1S/C25H22BrN3O/c1-16-7-12-22-21(13-16)23-14-17(2)28-29(23)25(27-22)20-5-3-4-6-24(20)30-15-18-8-10-19(26)11-9-18/h3-14,25,27H,15H2,1-2H3/t25-/m0/s1. The molecular formula is C25H22BrN3O. The van der Waals surface area contributed by atoms with Crippen molar-refractivity contribution in [2.45, 2.75) is 26.6 Å². The fourth-order valence-electron chi connectivity index (χ4n) is 3.91. The third-order valence-corrected chi connectivity index (χ3v) is 5.90. The smallest absolute Gasteiger partial charge is 0.150 e. The number of halogens is 1. The normalized spacial score (nSPS) is 14.6. The number of fused-ring (bicyclic) bond motifs is 3. The molecule has 1 aliphatic heterocycles. The van der Waals surface area contributed by atoms with Crippen molar-refractivity contribution in [3.8, 4) is 17.0 Å². The van der Waals surface area contributed by atoms with Crippen molar-refractivity contribution in [3.63, 3.8) is 0 Å². The summed E-state index contributed by atoms with van der Waals surface area (Å²) in [7, 11) is 0. The van der Waals surface area contributed by atoms with Crippen molar-refractivity contribution in [2.75, 3.05) is 5.32 Å². The van der Waals surface area contributed by atoms with E-state index in [1.807, 2.05) is 37.3 Å². The van der Waals surface area contributed by atoms with E-state index >= 15 is 0 Å². The fourth-order valence-corrected chi connectivity index (χ4v) is 4.17. The number of benzene rings is 3. The van der Waals surface area contributed by atoms with Gasteiger partial charge in [0.1, 0.15) is 12.4 Å². The van der Waals surface area contributed by atoms with Gasteiger partial charge in [0.05, 0.1) is 11.4 Å². The molecule has 0 saturated carbocycles. The average molecular weight is 460 g/mol. The van der Waals surface area contributed by atoms with E-state index in [1.54, 1.807) is 0 Å². The van der Waals surface area contributed by atoms with Gasteiger partial charge < -0.3 is 10.1 Å². The molecule has 30 heavy (non-hydrogen) atoms. The molecule has 1 aliphatic rings. The van der Waals surface area contributed by atoms with E-state index in [9.17, 15) is 0 Å². The van der Waals surface area contributed by atoms with E-state index in [4.69, 9.17) is 9.84 Å². The lowest BCUT2D eigenvalue weighted by atomic mass is 10.0. The lowest BCUT2D eigenvalue weighted by Crippen LogP contribution is -2.26. The SMILES string of the molecule is Cc1ccc2c(c1)-c1cc(C)nn1[C@@H](c1ccccc1OCc1ccc(Br)cc1)N2. The number of anilines is 1. The minimum absolute atomic E-state index is 0.134. The van der Waals surface area contributed by atoms with Gasteiger partial charge in [0.25, 0.3) is 0 Å². The van der Waals surface area contributed by atoms with Crippen molar-refractivity contribution in [2.24, 2.45) is 0 Å². The number of para-hydroxylation sites is 1. The maximum Gasteiger partial charge on any atom is 0.150 e. The lowest BCUT2D eigenvalue weighted by molar-refractivity contribution is 0.299. The van der Waals surface area contributed by atoms with Crippen LogP contribution in [0.3, 0.4) is 0 Å². The summed E-state index contributed by atoms with van der Waals surface area (Å²) in [6.45, 7) is 4.66. The Hall–Kier alpha value is -3.05. The Bertz CT molecular complexity index is 1210. The van der Waals surface area contributed by atoms with Gasteiger partial charge >= 0.3 is 0 Å². The first-order valence-corrected chi connectivity index (χ1v) is 10.8. The van der Waals surface area contributed by atoms with Crippen LogP contribution in [0.25, 0.3) is 11.3 Å². The van der Waals surface area contributed by atoms with E-state index in [0.29, 0.717) is 6.61 Å². The van der Waals surface area contributed by atoms with Crippen molar-refractivity contribution in [1.29, 1.82) is 0 Å². The van der Waals surface area contributed by atoms with Crippen LogP contribution in [0, 0.1) is 13.8 Å². The Morgan fingerprint density at radius 1 is 1.00 bits per heavy atom. The summed E-state index contributed by atoms with van der Waals surface area (Å²) in [4.78, 5) is 0. The van der Waals surface area contributed by atoms with E-state index in [2.05, 4.69) is 75.3 Å². The highest BCUT2D eigenvalue weighted by atomic mass is 79.9. The van der Waals surface area contributed by atoms with E-state index < -0.39 is 0 Å². The molecule has 4 nitrogen and oxygen atoms in total. The Balaban J connectivity index is 1.51. The molecule has 0 fully saturated rings. The van der Waals surface area contributed by atoms with E-state index in [-0.39, 0.29) is 6.17 Å². The summed E-state index contributed by atoms with van der Waals surface area (Å²) in [5, 5.41) is 8.47. The summed E-state index contributed by atoms with van der Waals surface area (Å²) < 4.78 is 9.38. The second-order valence-electron chi connectivity index (χ2n) is 7.66. The molecule has 1 N–H and O–H groups in total. The molecule has 5 heteroatoms. The van der Waals surface area contributed by atoms with Gasteiger partial charge in [0.15, 0.2) is 6.17 Å². The van der Waals surface area contributed by atoms with Gasteiger partial charge in [0.2, 0.25) is 0 Å². The fraction of sp³-hybridized carbons (Fsp3) is 0.160. The summed E-state index contributed by atoms with van der Waals surface area (Å²) in [5.74, 6) is 0.854. The van der Waals surface area contributed by atoms with Crippen molar-refractivity contribution in [1.82, 2.24) is 9.78 Å². The van der Waals surface area contributed by atoms with Crippen LogP contribution in [0.2, 0.25) is 0 Å². The van der Waals surface area contributed by atoms with Crippen LogP contribution in [0.5, 0.6) is 5.75 Å². The minimum atomic E-state index is -0.134. The number of aryl methyl sites for hydroxylation is 2. The van der Waals surface area contributed by atoms with Crippen LogP contribution in [-0.4, -0.2) is 9.78 Å². The molecule has 5 rings (SSSR count). The van der Waals surface area contributed by atoms with Gasteiger partial charge in [-0.15, -0.1) is 0 Å².